The fourth-order valence-electron chi connectivity index (χ4n) is 2.06. The van der Waals surface area contributed by atoms with Crippen molar-refractivity contribution in [2.45, 2.75) is 25.8 Å². The van der Waals surface area contributed by atoms with Gasteiger partial charge >= 0.3 is 0 Å². The average molecular weight is 304 g/mol. The van der Waals surface area contributed by atoms with Gasteiger partial charge in [0.1, 0.15) is 5.75 Å². The molecular formula is C17H18ClNO2. The molecule has 21 heavy (non-hydrogen) atoms. The van der Waals surface area contributed by atoms with Gasteiger partial charge in [0.05, 0.1) is 5.02 Å². The first kappa shape index (κ1) is 15.4. The number of hydrogen-bond donors (Lipinski definition) is 2. The van der Waals surface area contributed by atoms with E-state index in [1.807, 2.05) is 25.1 Å². The Bertz CT molecular complexity index is 613. The molecule has 2 rings (SSSR count). The van der Waals surface area contributed by atoms with Crippen LogP contribution < -0.4 is 5.32 Å². The zero-order valence-corrected chi connectivity index (χ0v) is 12.6. The third-order valence-electron chi connectivity index (χ3n) is 3.30. The molecule has 0 aliphatic rings. The largest absolute Gasteiger partial charge is 0.506 e. The molecule has 110 valence electrons. The van der Waals surface area contributed by atoms with Crippen molar-refractivity contribution in [2.24, 2.45) is 0 Å². The van der Waals surface area contributed by atoms with Gasteiger partial charge in [0, 0.05) is 11.6 Å². The fraction of sp³-hybridized carbons (Fsp3) is 0.235. The quantitative estimate of drug-likeness (QED) is 0.882. The highest BCUT2D eigenvalue weighted by Crippen LogP contribution is 2.23. The van der Waals surface area contributed by atoms with E-state index in [4.69, 9.17) is 11.6 Å². The van der Waals surface area contributed by atoms with Crippen LogP contribution in [-0.4, -0.2) is 17.1 Å². The van der Waals surface area contributed by atoms with Gasteiger partial charge < -0.3 is 10.4 Å². The summed E-state index contributed by atoms with van der Waals surface area (Å²) in [7, 11) is 0. The predicted octanol–water partition coefficient (Wildman–Crippen LogP) is 3.80. The first-order valence-corrected chi connectivity index (χ1v) is 7.27. The SMILES string of the molecule is C[C@@H](CCc1ccccc1)NC(=O)c1ccc(O)c(Cl)c1. The van der Waals surface area contributed by atoms with Gasteiger partial charge in [0.2, 0.25) is 0 Å². The first-order valence-electron chi connectivity index (χ1n) is 6.89. The van der Waals surface area contributed by atoms with E-state index in [-0.39, 0.29) is 22.7 Å². The molecule has 0 saturated heterocycles. The topological polar surface area (TPSA) is 49.3 Å². The van der Waals surface area contributed by atoms with Crippen molar-refractivity contribution in [3.63, 3.8) is 0 Å². The van der Waals surface area contributed by atoms with Crippen molar-refractivity contribution in [3.05, 3.63) is 64.7 Å². The second-order valence-electron chi connectivity index (χ2n) is 5.06. The molecular weight excluding hydrogens is 286 g/mol. The molecule has 2 aromatic carbocycles. The average Bonchev–Trinajstić information content (AvgIpc) is 2.49. The molecule has 0 radical (unpaired) electrons. The minimum absolute atomic E-state index is 0.0228. The van der Waals surface area contributed by atoms with Crippen LogP contribution in [0.1, 0.15) is 29.3 Å². The molecule has 3 nitrogen and oxygen atoms in total. The van der Waals surface area contributed by atoms with Crippen LogP contribution in [0, 0.1) is 0 Å². The number of phenolic OH excluding ortho intramolecular Hbond substituents is 1. The van der Waals surface area contributed by atoms with Crippen molar-refractivity contribution in [2.75, 3.05) is 0 Å². The zero-order valence-electron chi connectivity index (χ0n) is 11.8. The number of benzene rings is 2. The summed E-state index contributed by atoms with van der Waals surface area (Å²) < 4.78 is 0. The van der Waals surface area contributed by atoms with Crippen LogP contribution in [-0.2, 0) is 6.42 Å². The Balaban J connectivity index is 1.88. The second-order valence-corrected chi connectivity index (χ2v) is 5.47. The number of phenols is 1. The van der Waals surface area contributed by atoms with Gasteiger partial charge in [-0.25, -0.2) is 0 Å². The summed E-state index contributed by atoms with van der Waals surface area (Å²) in [5.74, 6) is -0.206. The van der Waals surface area contributed by atoms with Gasteiger partial charge in [-0.15, -0.1) is 0 Å². The molecule has 2 aromatic rings. The maximum absolute atomic E-state index is 12.1. The standard InChI is InChI=1S/C17H18ClNO2/c1-12(7-8-13-5-3-2-4-6-13)19-17(21)14-9-10-16(20)15(18)11-14/h2-6,9-12,20H,7-8H2,1H3,(H,19,21)/t12-/m0/s1. The molecule has 4 heteroatoms. The lowest BCUT2D eigenvalue weighted by Crippen LogP contribution is -2.32. The van der Waals surface area contributed by atoms with E-state index in [9.17, 15) is 9.90 Å². The molecule has 0 bridgehead atoms. The lowest BCUT2D eigenvalue weighted by Gasteiger charge is -2.14. The molecule has 1 amide bonds. The van der Waals surface area contributed by atoms with E-state index in [1.165, 1.54) is 17.7 Å². The maximum atomic E-state index is 12.1. The van der Waals surface area contributed by atoms with Gasteiger partial charge in [-0.1, -0.05) is 41.9 Å². The highest BCUT2D eigenvalue weighted by Gasteiger charge is 2.11. The van der Waals surface area contributed by atoms with Crippen LogP contribution in [0.25, 0.3) is 0 Å². The maximum Gasteiger partial charge on any atom is 0.251 e. The summed E-state index contributed by atoms with van der Waals surface area (Å²) in [5, 5.41) is 12.5. The van der Waals surface area contributed by atoms with Crippen LogP contribution in [0.5, 0.6) is 5.75 Å². The summed E-state index contributed by atoms with van der Waals surface area (Å²) >= 11 is 5.81. The van der Waals surface area contributed by atoms with Gasteiger partial charge in [-0.3, -0.25) is 4.79 Å². The van der Waals surface area contributed by atoms with Crippen LogP contribution in [0.2, 0.25) is 5.02 Å². The normalized spacial score (nSPS) is 11.9. The number of aryl methyl sites for hydroxylation is 1. The number of halogens is 1. The second kappa shape index (κ2) is 7.14. The van der Waals surface area contributed by atoms with Gasteiger partial charge in [0.15, 0.2) is 0 Å². The molecule has 0 aromatic heterocycles. The number of aromatic hydroxyl groups is 1. The molecule has 1 atom stereocenters. The lowest BCUT2D eigenvalue weighted by molar-refractivity contribution is 0.0938. The van der Waals surface area contributed by atoms with E-state index in [1.54, 1.807) is 6.07 Å². The number of rotatable bonds is 5. The van der Waals surface area contributed by atoms with Gasteiger partial charge in [-0.2, -0.15) is 0 Å². The Labute approximate surface area is 129 Å². The molecule has 0 aliphatic heterocycles. The van der Waals surface area contributed by atoms with Gasteiger partial charge in [0.25, 0.3) is 5.91 Å². The van der Waals surface area contributed by atoms with Crippen LogP contribution in [0.3, 0.4) is 0 Å². The summed E-state index contributed by atoms with van der Waals surface area (Å²) in [5.41, 5.74) is 1.70. The van der Waals surface area contributed by atoms with E-state index in [0.717, 1.165) is 12.8 Å². The van der Waals surface area contributed by atoms with E-state index >= 15 is 0 Å². The van der Waals surface area contributed by atoms with Crippen molar-refractivity contribution in [1.82, 2.24) is 5.32 Å². The summed E-state index contributed by atoms with van der Waals surface area (Å²) in [6.07, 6.45) is 1.78. The molecule has 0 spiro atoms. The molecule has 2 N–H and O–H groups in total. The Morgan fingerprint density at radius 3 is 2.62 bits per heavy atom. The van der Waals surface area contributed by atoms with Crippen molar-refractivity contribution in [1.29, 1.82) is 0 Å². The predicted molar refractivity (Wildman–Crippen MR) is 84.8 cm³/mol. The fourth-order valence-corrected chi connectivity index (χ4v) is 2.24. The van der Waals surface area contributed by atoms with E-state index in [0.29, 0.717) is 5.56 Å². The summed E-state index contributed by atoms with van der Waals surface area (Å²) in [6, 6.07) is 14.7. The Kier molecular flexibility index (Phi) is 5.23. The van der Waals surface area contributed by atoms with Crippen LogP contribution >= 0.6 is 11.6 Å². The highest BCUT2D eigenvalue weighted by atomic mass is 35.5. The van der Waals surface area contributed by atoms with Crippen molar-refractivity contribution in [3.8, 4) is 5.75 Å². The highest BCUT2D eigenvalue weighted by molar-refractivity contribution is 6.32. The van der Waals surface area contributed by atoms with Gasteiger partial charge in [-0.05, 0) is 43.5 Å². The molecule has 0 unspecified atom stereocenters. The molecule has 0 aliphatic carbocycles. The molecule has 0 fully saturated rings. The van der Waals surface area contributed by atoms with E-state index in [2.05, 4.69) is 17.4 Å². The summed E-state index contributed by atoms with van der Waals surface area (Å²) in [4.78, 5) is 12.1. The van der Waals surface area contributed by atoms with Crippen molar-refractivity contribution >= 4 is 17.5 Å². The third-order valence-corrected chi connectivity index (χ3v) is 3.60. The van der Waals surface area contributed by atoms with Crippen LogP contribution in [0.4, 0.5) is 0 Å². The number of amides is 1. The minimum Gasteiger partial charge on any atom is -0.506 e. The summed E-state index contributed by atoms with van der Waals surface area (Å²) in [6.45, 7) is 1.98. The number of carbonyl (C=O) groups excluding carboxylic acids is 1. The van der Waals surface area contributed by atoms with Crippen LogP contribution in [0.15, 0.2) is 48.5 Å². The number of hydrogen-bond acceptors (Lipinski definition) is 2. The zero-order chi connectivity index (χ0) is 15.2. The lowest BCUT2D eigenvalue weighted by atomic mass is 10.1. The van der Waals surface area contributed by atoms with E-state index < -0.39 is 0 Å². The Hall–Kier alpha value is -2.00. The Morgan fingerprint density at radius 2 is 1.95 bits per heavy atom. The monoisotopic (exact) mass is 303 g/mol. The minimum atomic E-state index is -0.183. The van der Waals surface area contributed by atoms with Crippen molar-refractivity contribution < 1.29 is 9.90 Å². The first-order chi connectivity index (χ1) is 10.1. The smallest absolute Gasteiger partial charge is 0.251 e. The molecule has 0 saturated carbocycles. The third kappa shape index (κ3) is 4.50. The molecule has 0 heterocycles. The number of carbonyl (C=O) groups is 1. The number of nitrogens with one attached hydrogen (secondary N) is 1. The Morgan fingerprint density at radius 1 is 1.24 bits per heavy atom.